The fourth-order valence-electron chi connectivity index (χ4n) is 1.20. The molecular weight excluding hydrogens is 322 g/mol. The third-order valence-corrected chi connectivity index (χ3v) is 2.60. The van der Waals surface area contributed by atoms with Crippen molar-refractivity contribution in [3.05, 3.63) is 38.3 Å². The summed E-state index contributed by atoms with van der Waals surface area (Å²) in [7, 11) is 0. The van der Waals surface area contributed by atoms with E-state index in [2.05, 4.69) is 21.2 Å². The number of nitrogens with one attached hydrogen (secondary N) is 1. The quantitative estimate of drug-likeness (QED) is 0.512. The molecule has 0 heterocycles. The molecule has 4 N–H and O–H groups in total. The van der Waals surface area contributed by atoms with Crippen LogP contribution in [0.5, 0.6) is 0 Å². The van der Waals surface area contributed by atoms with E-state index < -0.39 is 22.8 Å². The molecule has 1 aromatic carbocycles. The third kappa shape index (κ3) is 4.30. The molecule has 19 heavy (non-hydrogen) atoms. The van der Waals surface area contributed by atoms with Crippen LogP contribution in [0.15, 0.2) is 22.7 Å². The summed E-state index contributed by atoms with van der Waals surface area (Å²) in [5.41, 5.74) is 4.58. The van der Waals surface area contributed by atoms with Gasteiger partial charge in [-0.05, 0) is 6.07 Å². The number of nitro groups is 1. The first-order valence-corrected chi connectivity index (χ1v) is 5.81. The Morgan fingerprint density at radius 3 is 2.63 bits per heavy atom. The average molecular weight is 332 g/mol. The number of nitro benzene ring substituents is 1. The van der Waals surface area contributed by atoms with E-state index in [-0.39, 0.29) is 17.8 Å². The summed E-state index contributed by atoms with van der Waals surface area (Å²) < 4.78 is 0.363. The number of carbonyl (C=O) groups is 2. The number of primary amides is 1. The van der Waals surface area contributed by atoms with Gasteiger partial charge in [0.05, 0.1) is 11.5 Å². The topological polar surface area (TPSA) is 136 Å². The number of hydrogen-bond acceptors (Lipinski definition) is 5. The Labute approximate surface area is 115 Å². The minimum atomic E-state index is -1.51. The Bertz CT molecular complexity index is 534. The van der Waals surface area contributed by atoms with E-state index in [0.29, 0.717) is 4.47 Å². The number of non-ortho nitro benzene ring substituents is 1. The number of hydrogen-bond donors (Lipinski definition) is 3. The molecule has 0 saturated carbocycles. The van der Waals surface area contributed by atoms with Gasteiger partial charge in [-0.3, -0.25) is 19.7 Å². The lowest BCUT2D eigenvalue weighted by Crippen LogP contribution is -2.39. The molecule has 2 amide bonds. The average Bonchev–Trinajstić information content (AvgIpc) is 2.34. The maximum absolute atomic E-state index is 11.7. The second kappa shape index (κ2) is 6.25. The molecule has 8 nitrogen and oxygen atoms in total. The Morgan fingerprint density at radius 1 is 1.47 bits per heavy atom. The molecule has 1 atom stereocenters. The molecule has 0 aliphatic carbocycles. The highest BCUT2D eigenvalue weighted by molar-refractivity contribution is 9.10. The molecule has 0 spiro atoms. The first-order valence-electron chi connectivity index (χ1n) is 5.02. The number of rotatable bonds is 5. The molecule has 1 rings (SSSR count). The molecule has 0 saturated heterocycles. The predicted octanol–water partition coefficient (Wildman–Crippen LogP) is -0.0667. The lowest BCUT2D eigenvalue weighted by Gasteiger charge is -2.08. The van der Waals surface area contributed by atoms with Crippen LogP contribution in [0.1, 0.15) is 10.4 Å². The van der Waals surface area contributed by atoms with E-state index in [4.69, 9.17) is 10.8 Å². The molecule has 0 aliphatic heterocycles. The van der Waals surface area contributed by atoms with Crippen LogP contribution in [0, 0.1) is 10.1 Å². The molecule has 0 aliphatic rings. The van der Waals surface area contributed by atoms with Crippen molar-refractivity contribution in [2.24, 2.45) is 5.73 Å². The smallest absolute Gasteiger partial charge is 0.271 e. The van der Waals surface area contributed by atoms with Crippen LogP contribution in [0.2, 0.25) is 0 Å². The van der Waals surface area contributed by atoms with Gasteiger partial charge in [0.15, 0.2) is 0 Å². The summed E-state index contributed by atoms with van der Waals surface area (Å²) >= 11 is 3.04. The zero-order valence-electron chi connectivity index (χ0n) is 9.50. The summed E-state index contributed by atoms with van der Waals surface area (Å²) in [5, 5.41) is 22.0. The van der Waals surface area contributed by atoms with Crippen LogP contribution >= 0.6 is 15.9 Å². The summed E-state index contributed by atoms with van der Waals surface area (Å²) in [6.45, 7) is -0.367. The summed E-state index contributed by atoms with van der Waals surface area (Å²) in [4.78, 5) is 32.2. The van der Waals surface area contributed by atoms with Crippen molar-refractivity contribution in [1.82, 2.24) is 5.32 Å². The standard InChI is InChI=1S/C10H10BrN3O5/c11-6-1-5(2-7(3-6)14(18)19)10(17)13-4-8(15)9(12)16/h1-3,8,15H,4H2,(H2,12,16)(H,13,17). The van der Waals surface area contributed by atoms with E-state index in [1.807, 2.05) is 0 Å². The maximum atomic E-state index is 11.7. The van der Waals surface area contributed by atoms with Gasteiger partial charge in [0.2, 0.25) is 5.91 Å². The van der Waals surface area contributed by atoms with Crippen LogP contribution in [0.4, 0.5) is 5.69 Å². The van der Waals surface area contributed by atoms with Gasteiger partial charge in [0.1, 0.15) is 6.10 Å². The number of nitrogens with two attached hydrogens (primary N) is 1. The number of amides is 2. The maximum Gasteiger partial charge on any atom is 0.271 e. The number of nitrogens with zero attached hydrogens (tertiary/aromatic N) is 1. The largest absolute Gasteiger partial charge is 0.381 e. The zero-order valence-corrected chi connectivity index (χ0v) is 11.1. The van der Waals surface area contributed by atoms with Crippen LogP contribution in [-0.4, -0.2) is 34.5 Å². The van der Waals surface area contributed by atoms with Gasteiger partial charge in [-0.15, -0.1) is 0 Å². The molecule has 9 heteroatoms. The lowest BCUT2D eigenvalue weighted by atomic mass is 10.2. The van der Waals surface area contributed by atoms with Crippen molar-refractivity contribution in [3.63, 3.8) is 0 Å². The normalized spacial score (nSPS) is 11.7. The van der Waals surface area contributed by atoms with E-state index in [9.17, 15) is 19.7 Å². The number of aliphatic hydroxyl groups excluding tert-OH is 1. The van der Waals surface area contributed by atoms with Gasteiger partial charge in [0.25, 0.3) is 11.6 Å². The van der Waals surface area contributed by atoms with Crippen molar-refractivity contribution in [2.45, 2.75) is 6.10 Å². The third-order valence-electron chi connectivity index (χ3n) is 2.14. The van der Waals surface area contributed by atoms with Crippen molar-refractivity contribution >= 4 is 33.4 Å². The fraction of sp³-hybridized carbons (Fsp3) is 0.200. The first kappa shape index (κ1) is 15.1. The van der Waals surface area contributed by atoms with Gasteiger partial charge in [-0.2, -0.15) is 0 Å². The van der Waals surface area contributed by atoms with Crippen molar-refractivity contribution in [2.75, 3.05) is 6.54 Å². The minimum Gasteiger partial charge on any atom is -0.381 e. The fourth-order valence-corrected chi connectivity index (χ4v) is 1.68. The van der Waals surface area contributed by atoms with Gasteiger partial charge < -0.3 is 16.2 Å². The highest BCUT2D eigenvalue weighted by atomic mass is 79.9. The summed E-state index contributed by atoms with van der Waals surface area (Å²) in [6.07, 6.45) is -1.51. The van der Waals surface area contributed by atoms with E-state index in [1.165, 1.54) is 12.1 Å². The van der Waals surface area contributed by atoms with Crippen LogP contribution < -0.4 is 11.1 Å². The van der Waals surface area contributed by atoms with Crippen LogP contribution in [0.3, 0.4) is 0 Å². The van der Waals surface area contributed by atoms with Crippen molar-refractivity contribution in [3.8, 4) is 0 Å². The molecule has 0 fully saturated rings. The Kier molecular flexibility index (Phi) is 4.95. The first-order chi connectivity index (χ1) is 8.81. The number of halogens is 1. The van der Waals surface area contributed by atoms with Gasteiger partial charge in [-0.25, -0.2) is 0 Å². The van der Waals surface area contributed by atoms with Crippen molar-refractivity contribution in [1.29, 1.82) is 0 Å². The summed E-state index contributed by atoms with van der Waals surface area (Å²) in [5.74, 6) is -1.63. The summed E-state index contributed by atoms with van der Waals surface area (Å²) in [6, 6.07) is 3.70. The van der Waals surface area contributed by atoms with Crippen molar-refractivity contribution < 1.29 is 19.6 Å². The monoisotopic (exact) mass is 331 g/mol. The minimum absolute atomic E-state index is 0.0257. The second-order valence-electron chi connectivity index (χ2n) is 3.58. The second-order valence-corrected chi connectivity index (χ2v) is 4.50. The van der Waals surface area contributed by atoms with Crippen LogP contribution in [-0.2, 0) is 4.79 Å². The Balaban J connectivity index is 2.82. The highest BCUT2D eigenvalue weighted by Gasteiger charge is 2.16. The van der Waals surface area contributed by atoms with Gasteiger partial charge >= 0.3 is 0 Å². The molecule has 0 bridgehead atoms. The van der Waals surface area contributed by atoms with Gasteiger partial charge in [-0.1, -0.05) is 15.9 Å². The Hall–Kier alpha value is -2.00. The molecule has 0 aromatic heterocycles. The molecule has 1 aromatic rings. The number of carbonyl (C=O) groups excluding carboxylic acids is 2. The SMILES string of the molecule is NC(=O)C(O)CNC(=O)c1cc(Br)cc([N+](=O)[O-])c1. The van der Waals surface area contributed by atoms with E-state index >= 15 is 0 Å². The van der Waals surface area contributed by atoms with Gasteiger partial charge in [0, 0.05) is 22.2 Å². The van der Waals surface area contributed by atoms with E-state index in [0.717, 1.165) is 6.07 Å². The molecule has 102 valence electrons. The molecule has 0 radical (unpaired) electrons. The van der Waals surface area contributed by atoms with Crippen LogP contribution in [0.25, 0.3) is 0 Å². The highest BCUT2D eigenvalue weighted by Crippen LogP contribution is 2.21. The predicted molar refractivity (Wildman–Crippen MR) is 68.3 cm³/mol. The number of aliphatic hydroxyl groups is 1. The van der Waals surface area contributed by atoms with E-state index in [1.54, 1.807) is 0 Å². The Morgan fingerprint density at radius 2 is 2.11 bits per heavy atom. The lowest BCUT2D eigenvalue weighted by molar-refractivity contribution is -0.385. The zero-order chi connectivity index (χ0) is 14.6. The molecule has 1 unspecified atom stereocenters. The number of benzene rings is 1. The molecular formula is C10H10BrN3O5.